The molecule has 1 saturated carbocycles. The maximum atomic E-state index is 2.52. The number of fused-ring (bicyclic) bond motifs is 1. The van der Waals surface area contributed by atoms with Gasteiger partial charge in [-0.15, -0.1) is 0 Å². The van der Waals surface area contributed by atoms with Gasteiger partial charge in [0.1, 0.15) is 0 Å². The molecule has 22 heavy (non-hydrogen) atoms. The first-order valence-electron chi connectivity index (χ1n) is 7.82. The van der Waals surface area contributed by atoms with Crippen molar-refractivity contribution in [1.29, 1.82) is 0 Å². The minimum atomic E-state index is -0.443. The van der Waals surface area contributed by atoms with E-state index in [1.165, 1.54) is 6.42 Å². The minimum absolute atomic E-state index is 0. The van der Waals surface area contributed by atoms with E-state index in [2.05, 4.69) is 70.2 Å². The van der Waals surface area contributed by atoms with Crippen LogP contribution in [0.4, 0.5) is 0 Å². The summed E-state index contributed by atoms with van der Waals surface area (Å²) >= 11 is -0.443. The first-order chi connectivity index (χ1) is 9.54. The molecule has 5 atom stereocenters. The van der Waals surface area contributed by atoms with Crippen LogP contribution >= 0.6 is 0 Å². The van der Waals surface area contributed by atoms with Crippen LogP contribution in [0.1, 0.15) is 34.1 Å². The van der Waals surface area contributed by atoms with E-state index in [1.807, 2.05) is 0 Å². The van der Waals surface area contributed by atoms with E-state index in [1.54, 1.807) is 8.78 Å². The molecule has 0 aromatic rings. The molecule has 0 aromatic carbocycles. The minimum Gasteiger partial charge on any atom is -1.00 e. The van der Waals surface area contributed by atoms with Crippen LogP contribution in [0, 0.1) is 23.2 Å². The Morgan fingerprint density at radius 1 is 1.18 bits per heavy atom. The fourth-order valence-corrected chi connectivity index (χ4v) is 9.34. The van der Waals surface area contributed by atoms with Gasteiger partial charge < -0.3 is 24.8 Å². The van der Waals surface area contributed by atoms with E-state index >= 15 is 0 Å². The van der Waals surface area contributed by atoms with E-state index < -0.39 is 22.8 Å². The van der Waals surface area contributed by atoms with Crippen molar-refractivity contribution in [2.75, 3.05) is 0 Å². The van der Waals surface area contributed by atoms with Crippen molar-refractivity contribution >= 4 is 3.21 Å². The van der Waals surface area contributed by atoms with Crippen molar-refractivity contribution in [2.45, 2.75) is 37.7 Å². The standard InChI is InChI=1S/C16H19.C3H6.2ClH.Zr/c1-12-15(13-7-3-4-8-13)11-14-9-5-6-10-16(12,14)2;1-3-2;;;/h3-7,9-12,14-15H,8H2,1-2H3;1-2H3;2*1H;/q;;;;+2/p-2. The molecular formula is C19H25Cl2Zr. The van der Waals surface area contributed by atoms with Gasteiger partial charge >= 0.3 is 135 Å². The molecule has 0 aromatic heterocycles. The van der Waals surface area contributed by atoms with E-state index in [-0.39, 0.29) is 24.8 Å². The average molecular weight is 416 g/mol. The number of hydrogen-bond acceptors (Lipinski definition) is 0. The molecule has 3 aliphatic rings. The molecule has 0 spiro atoms. The predicted octanol–water partition coefficient (Wildman–Crippen LogP) is -1.02. The number of halogens is 2. The zero-order chi connectivity index (χ0) is 14.3. The smallest absolute Gasteiger partial charge is 1.00 e. The number of hydrogen-bond donors (Lipinski definition) is 0. The Bertz CT molecular complexity index is 552. The van der Waals surface area contributed by atoms with Crippen LogP contribution in [0.2, 0.25) is 3.63 Å². The molecule has 3 rings (SSSR count). The van der Waals surface area contributed by atoms with Crippen LogP contribution in [-0.4, -0.2) is 3.21 Å². The summed E-state index contributed by atoms with van der Waals surface area (Å²) in [4.78, 5) is 0. The first kappa shape index (κ1) is 20.3. The molecule has 119 valence electrons. The van der Waals surface area contributed by atoms with Gasteiger partial charge in [0.25, 0.3) is 0 Å². The Morgan fingerprint density at radius 2 is 1.91 bits per heavy atom. The summed E-state index contributed by atoms with van der Waals surface area (Å²) in [6.07, 6.45) is 17.8. The normalized spacial score (nSPS) is 37.7. The fraction of sp³-hybridized carbons (Fsp3) is 0.526. The Labute approximate surface area is 159 Å². The third-order valence-corrected chi connectivity index (χ3v) is 9.58. The van der Waals surface area contributed by atoms with Crippen molar-refractivity contribution in [2.24, 2.45) is 23.2 Å². The second-order valence-electron chi connectivity index (χ2n) is 6.99. The van der Waals surface area contributed by atoms with Gasteiger partial charge in [-0.2, -0.15) is 0 Å². The van der Waals surface area contributed by atoms with Gasteiger partial charge in [-0.05, 0) is 0 Å². The SMILES string of the molecule is C[C](C)=[Zr+2][CH]1C(C2=CC=CC2)C(C)C2(C)C=CC=CC12.[Cl-].[Cl-]. The van der Waals surface area contributed by atoms with Gasteiger partial charge in [-0.25, -0.2) is 0 Å². The molecule has 0 N–H and O–H groups in total. The molecule has 0 radical (unpaired) electrons. The zero-order valence-electron chi connectivity index (χ0n) is 13.8. The molecule has 0 bridgehead atoms. The molecule has 5 unspecified atom stereocenters. The second-order valence-corrected chi connectivity index (χ2v) is 11.8. The Morgan fingerprint density at radius 3 is 2.50 bits per heavy atom. The van der Waals surface area contributed by atoms with Gasteiger partial charge in [0.15, 0.2) is 0 Å². The molecule has 0 heterocycles. The monoisotopic (exact) mass is 413 g/mol. The maximum absolute atomic E-state index is 2.52. The number of rotatable bonds is 2. The topological polar surface area (TPSA) is 0 Å². The maximum Gasteiger partial charge on any atom is -1.00 e. The van der Waals surface area contributed by atoms with E-state index in [4.69, 9.17) is 0 Å². The Balaban J connectivity index is 0.00000121. The third kappa shape index (κ3) is 3.38. The van der Waals surface area contributed by atoms with Crippen molar-refractivity contribution in [3.8, 4) is 0 Å². The summed E-state index contributed by atoms with van der Waals surface area (Å²) in [6.45, 7) is 9.74. The van der Waals surface area contributed by atoms with Gasteiger partial charge in [0.05, 0.1) is 0 Å². The third-order valence-electron chi connectivity index (χ3n) is 5.58. The molecule has 0 amide bonds. The van der Waals surface area contributed by atoms with Gasteiger partial charge in [0.2, 0.25) is 0 Å². The molecule has 0 saturated heterocycles. The predicted molar refractivity (Wildman–Crippen MR) is 84.5 cm³/mol. The van der Waals surface area contributed by atoms with Gasteiger partial charge in [-0.1, -0.05) is 0 Å². The van der Waals surface area contributed by atoms with Crippen LogP contribution in [0.5, 0.6) is 0 Å². The second kappa shape index (κ2) is 7.91. The van der Waals surface area contributed by atoms with E-state index in [9.17, 15) is 0 Å². The van der Waals surface area contributed by atoms with Gasteiger partial charge in [-0.3, -0.25) is 0 Å². The molecular weight excluding hydrogens is 390 g/mol. The van der Waals surface area contributed by atoms with E-state index in [0.717, 1.165) is 21.4 Å². The van der Waals surface area contributed by atoms with Crippen molar-refractivity contribution in [3.05, 3.63) is 48.1 Å². The zero-order valence-corrected chi connectivity index (χ0v) is 17.8. The summed E-state index contributed by atoms with van der Waals surface area (Å²) in [5.41, 5.74) is 2.09. The first-order valence-corrected chi connectivity index (χ1v) is 10.5. The van der Waals surface area contributed by atoms with Crippen LogP contribution in [-0.2, 0) is 22.8 Å². The summed E-state index contributed by atoms with van der Waals surface area (Å²) in [5, 5.41) is 0. The van der Waals surface area contributed by atoms with Crippen LogP contribution < -0.4 is 24.8 Å². The average Bonchev–Trinajstić information content (AvgIpc) is 2.97. The molecule has 0 nitrogen and oxygen atoms in total. The van der Waals surface area contributed by atoms with Crippen LogP contribution in [0.25, 0.3) is 0 Å². The Hall–Kier alpha value is 0.293. The quantitative estimate of drug-likeness (QED) is 0.542. The summed E-state index contributed by atoms with van der Waals surface area (Å²) in [7, 11) is 0. The van der Waals surface area contributed by atoms with E-state index in [0.29, 0.717) is 5.41 Å². The van der Waals surface area contributed by atoms with Crippen molar-refractivity contribution in [3.63, 3.8) is 0 Å². The summed E-state index contributed by atoms with van der Waals surface area (Å²) in [5.74, 6) is 2.36. The fourth-order valence-electron chi connectivity index (χ4n) is 4.42. The summed E-state index contributed by atoms with van der Waals surface area (Å²) in [6, 6.07) is 0. The van der Waals surface area contributed by atoms with Crippen molar-refractivity contribution in [1.82, 2.24) is 0 Å². The van der Waals surface area contributed by atoms with Crippen LogP contribution in [0.15, 0.2) is 48.1 Å². The summed E-state index contributed by atoms with van der Waals surface area (Å²) < 4.78 is 2.69. The number of allylic oxidation sites excluding steroid dienone is 8. The molecule has 0 aliphatic heterocycles. The molecule has 3 aliphatic carbocycles. The van der Waals surface area contributed by atoms with Crippen LogP contribution in [0.3, 0.4) is 0 Å². The molecule has 3 heteroatoms. The van der Waals surface area contributed by atoms with Gasteiger partial charge in [0, 0.05) is 0 Å². The Kier molecular flexibility index (Phi) is 7.31. The van der Waals surface area contributed by atoms with Crippen molar-refractivity contribution < 1.29 is 47.6 Å². The molecule has 1 fully saturated rings. The largest absolute Gasteiger partial charge is 1.00 e.